The average Bonchev–Trinajstić information content (AvgIpc) is 3.54. The lowest BCUT2D eigenvalue weighted by Crippen LogP contribution is -2.08. The fourth-order valence-electron chi connectivity index (χ4n) is 4.49. The van der Waals surface area contributed by atoms with E-state index in [1.165, 1.54) is 45.6 Å². The Bertz CT molecular complexity index is 1640. The average molecular weight is 563 g/mol. The highest BCUT2D eigenvalue weighted by atomic mass is 32.1. The zero-order valence-electron chi connectivity index (χ0n) is 20.6. The highest BCUT2D eigenvalue weighted by Crippen LogP contribution is 2.50. The van der Waals surface area contributed by atoms with Gasteiger partial charge in [0.25, 0.3) is 0 Å². The van der Waals surface area contributed by atoms with E-state index in [2.05, 4.69) is 63.8 Å². The highest BCUT2D eigenvalue weighted by molar-refractivity contribution is 7.84. The van der Waals surface area contributed by atoms with E-state index in [0.29, 0.717) is 0 Å². The SMILES string of the molecule is C/C=C(/C=C(/C)S)c1sc2cc(-c3ccccc3[PH](=O)c3ccccc3)sc2c1-c1cc(C)sc1C. The second-order valence-corrected chi connectivity index (χ2v) is 14.8. The molecule has 3 aromatic heterocycles. The van der Waals surface area contributed by atoms with Gasteiger partial charge < -0.3 is 4.57 Å². The van der Waals surface area contributed by atoms with Crippen LogP contribution in [0.2, 0.25) is 0 Å². The number of hydrogen-bond donors (Lipinski definition) is 1. The van der Waals surface area contributed by atoms with Crippen LogP contribution in [0.3, 0.4) is 0 Å². The Morgan fingerprint density at radius 1 is 0.917 bits per heavy atom. The summed E-state index contributed by atoms with van der Waals surface area (Å²) in [6, 6.07) is 22.6. The van der Waals surface area contributed by atoms with Gasteiger partial charge in [0.1, 0.15) is 7.80 Å². The number of benzene rings is 2. The summed E-state index contributed by atoms with van der Waals surface area (Å²) in [6.07, 6.45) is 4.33. The molecule has 0 radical (unpaired) electrons. The lowest BCUT2D eigenvalue weighted by Gasteiger charge is -2.09. The van der Waals surface area contributed by atoms with Crippen LogP contribution in [0.1, 0.15) is 28.5 Å². The van der Waals surface area contributed by atoms with E-state index in [-0.39, 0.29) is 0 Å². The molecule has 3 heterocycles. The summed E-state index contributed by atoms with van der Waals surface area (Å²) in [6.45, 7) is 8.50. The number of thiophene rings is 3. The molecule has 0 aliphatic heterocycles. The first-order chi connectivity index (χ1) is 17.4. The topological polar surface area (TPSA) is 17.1 Å². The standard InChI is InChI=1S/C30H27OPS4/c1-5-21(15-18(2)33)29-28(24-16-19(3)34-20(24)4)30-27(36-29)17-26(35-30)23-13-9-10-14-25(23)32(31)22-11-7-6-8-12-22/h5-17,32-33H,1-4H3/b18-15-,21-5-. The fourth-order valence-corrected chi connectivity index (χ4v) is 9.92. The Balaban J connectivity index is 1.71. The summed E-state index contributed by atoms with van der Waals surface area (Å²) in [5.41, 5.74) is 4.88. The molecule has 5 rings (SSSR count). The van der Waals surface area contributed by atoms with Gasteiger partial charge in [0.05, 0.1) is 4.70 Å². The van der Waals surface area contributed by atoms with Crippen LogP contribution in [0.5, 0.6) is 0 Å². The number of aryl methyl sites for hydroxylation is 2. The third-order valence-corrected chi connectivity index (χ3v) is 11.5. The first-order valence-corrected chi connectivity index (χ1v) is 16.0. The minimum absolute atomic E-state index is 0.896. The Hall–Kier alpha value is -2.14. The van der Waals surface area contributed by atoms with Crippen molar-refractivity contribution in [3.63, 3.8) is 0 Å². The normalized spacial score (nSPS) is 13.5. The molecule has 0 fully saturated rings. The van der Waals surface area contributed by atoms with E-state index in [4.69, 9.17) is 0 Å². The van der Waals surface area contributed by atoms with Crippen molar-refractivity contribution in [1.29, 1.82) is 0 Å². The number of fused-ring (bicyclic) bond motifs is 1. The molecule has 0 N–H and O–H groups in total. The number of hydrogen-bond acceptors (Lipinski definition) is 5. The quantitative estimate of drug-likeness (QED) is 0.124. The first kappa shape index (κ1) is 25.5. The van der Waals surface area contributed by atoms with Gasteiger partial charge in [-0.05, 0) is 61.9 Å². The van der Waals surface area contributed by atoms with E-state index < -0.39 is 7.80 Å². The second-order valence-electron chi connectivity index (χ2n) is 8.71. The van der Waals surface area contributed by atoms with Crippen LogP contribution in [0.15, 0.2) is 83.8 Å². The third-order valence-electron chi connectivity index (χ3n) is 6.09. The molecular formula is C30H27OPS4. The van der Waals surface area contributed by atoms with E-state index in [9.17, 15) is 4.57 Å². The molecule has 0 spiro atoms. The summed E-state index contributed by atoms with van der Waals surface area (Å²) in [5, 5.41) is 1.82. The molecule has 0 bridgehead atoms. The number of thiol groups is 1. The Morgan fingerprint density at radius 2 is 1.64 bits per heavy atom. The van der Waals surface area contributed by atoms with Gasteiger partial charge >= 0.3 is 0 Å². The predicted molar refractivity (Wildman–Crippen MR) is 169 cm³/mol. The maximum absolute atomic E-state index is 13.6. The molecule has 5 aromatic rings. The van der Waals surface area contributed by atoms with Crippen molar-refractivity contribution in [2.75, 3.05) is 0 Å². The molecule has 0 aliphatic carbocycles. The van der Waals surface area contributed by atoms with Crippen molar-refractivity contribution in [2.45, 2.75) is 27.7 Å². The fraction of sp³-hybridized carbons (Fsp3) is 0.133. The lowest BCUT2D eigenvalue weighted by atomic mass is 10.0. The largest absolute Gasteiger partial charge is 0.317 e. The summed E-state index contributed by atoms with van der Waals surface area (Å²) in [5.74, 6) is 0. The molecular weight excluding hydrogens is 536 g/mol. The Morgan fingerprint density at radius 3 is 2.31 bits per heavy atom. The van der Waals surface area contributed by atoms with Gasteiger partial charge in [-0.15, -0.1) is 46.6 Å². The Kier molecular flexibility index (Phi) is 7.57. The molecule has 1 nitrogen and oxygen atoms in total. The number of rotatable bonds is 6. The Labute approximate surface area is 231 Å². The van der Waals surface area contributed by atoms with Gasteiger partial charge in [-0.1, -0.05) is 60.7 Å². The van der Waals surface area contributed by atoms with E-state index in [1.54, 1.807) is 0 Å². The van der Waals surface area contributed by atoms with Crippen molar-refractivity contribution < 1.29 is 4.57 Å². The lowest BCUT2D eigenvalue weighted by molar-refractivity contribution is 0.598. The van der Waals surface area contributed by atoms with Crippen molar-refractivity contribution in [3.05, 3.63) is 98.4 Å². The van der Waals surface area contributed by atoms with Gasteiger partial charge in [0, 0.05) is 45.9 Å². The molecule has 0 saturated heterocycles. The highest BCUT2D eigenvalue weighted by Gasteiger charge is 2.23. The monoisotopic (exact) mass is 562 g/mol. The minimum Gasteiger partial charge on any atom is -0.317 e. The predicted octanol–water partition coefficient (Wildman–Crippen LogP) is 9.72. The molecule has 0 amide bonds. The second kappa shape index (κ2) is 10.7. The molecule has 182 valence electrons. The maximum atomic E-state index is 13.6. The molecule has 36 heavy (non-hydrogen) atoms. The van der Waals surface area contributed by atoms with E-state index >= 15 is 0 Å². The minimum atomic E-state index is -2.11. The van der Waals surface area contributed by atoms with Crippen molar-refractivity contribution in [1.82, 2.24) is 0 Å². The van der Waals surface area contributed by atoms with E-state index in [0.717, 1.165) is 21.1 Å². The van der Waals surface area contributed by atoms with Crippen LogP contribution in [0.4, 0.5) is 0 Å². The summed E-state index contributed by atoms with van der Waals surface area (Å²) in [4.78, 5) is 6.09. The van der Waals surface area contributed by atoms with Crippen LogP contribution in [-0.4, -0.2) is 0 Å². The smallest absolute Gasteiger partial charge is 0.132 e. The third kappa shape index (κ3) is 4.88. The van der Waals surface area contributed by atoms with Crippen LogP contribution >= 0.6 is 54.4 Å². The van der Waals surface area contributed by atoms with Crippen molar-refractivity contribution in [2.24, 2.45) is 0 Å². The number of allylic oxidation sites excluding steroid dienone is 4. The van der Waals surface area contributed by atoms with Gasteiger partial charge in [-0.3, -0.25) is 0 Å². The van der Waals surface area contributed by atoms with Gasteiger partial charge in [-0.2, -0.15) is 0 Å². The molecule has 0 saturated carbocycles. The zero-order chi connectivity index (χ0) is 25.4. The van der Waals surface area contributed by atoms with Crippen LogP contribution in [-0.2, 0) is 4.57 Å². The summed E-state index contributed by atoms with van der Waals surface area (Å²) < 4.78 is 16.1. The molecule has 0 aliphatic rings. The van der Waals surface area contributed by atoms with Crippen molar-refractivity contribution >= 4 is 80.0 Å². The van der Waals surface area contributed by atoms with Crippen molar-refractivity contribution in [3.8, 4) is 21.6 Å². The molecule has 6 heteroatoms. The van der Waals surface area contributed by atoms with Crippen LogP contribution in [0.25, 0.3) is 36.5 Å². The van der Waals surface area contributed by atoms with E-state index in [1.807, 2.05) is 89.5 Å². The molecule has 1 unspecified atom stereocenters. The van der Waals surface area contributed by atoms with Gasteiger partial charge in [0.2, 0.25) is 0 Å². The summed E-state index contributed by atoms with van der Waals surface area (Å²) >= 11 is 10.1. The van der Waals surface area contributed by atoms with Crippen LogP contribution < -0.4 is 10.6 Å². The summed E-state index contributed by atoms with van der Waals surface area (Å²) in [7, 11) is -2.11. The van der Waals surface area contributed by atoms with Gasteiger partial charge in [0.15, 0.2) is 0 Å². The first-order valence-electron chi connectivity index (χ1n) is 11.7. The molecule has 2 aromatic carbocycles. The molecule has 1 atom stereocenters. The van der Waals surface area contributed by atoms with Crippen LogP contribution in [0, 0.1) is 13.8 Å². The van der Waals surface area contributed by atoms with Gasteiger partial charge in [-0.25, -0.2) is 0 Å². The maximum Gasteiger partial charge on any atom is 0.132 e. The zero-order valence-corrected chi connectivity index (χ0v) is 24.9.